The fraction of sp³-hybridized carbons (Fsp3) is 0.222. The van der Waals surface area contributed by atoms with Gasteiger partial charge in [0, 0.05) is 12.1 Å². The number of aryl methyl sites for hydroxylation is 1. The molecule has 0 bridgehead atoms. The summed E-state index contributed by atoms with van der Waals surface area (Å²) in [6, 6.07) is 4.30. The molecule has 0 saturated heterocycles. The van der Waals surface area contributed by atoms with E-state index in [0.29, 0.717) is 12.1 Å². The summed E-state index contributed by atoms with van der Waals surface area (Å²) in [5.41, 5.74) is 1.27. The van der Waals surface area contributed by atoms with Crippen LogP contribution >= 0.6 is 0 Å². The van der Waals surface area contributed by atoms with Gasteiger partial charge in [-0.2, -0.15) is 0 Å². The standard InChI is InChI=1S/C9H8N2O2/c1-3-7-6-8(11(12)13)4-5-9(7)10-2/h4-6H,3H2,1H3. The number of nitro benzene ring substituents is 1. The summed E-state index contributed by atoms with van der Waals surface area (Å²) < 4.78 is 0. The van der Waals surface area contributed by atoms with E-state index in [9.17, 15) is 10.1 Å². The van der Waals surface area contributed by atoms with Crippen molar-refractivity contribution in [3.8, 4) is 0 Å². The number of nitrogens with zero attached hydrogens (tertiary/aromatic N) is 2. The highest BCUT2D eigenvalue weighted by Crippen LogP contribution is 2.24. The quantitative estimate of drug-likeness (QED) is 0.395. The monoisotopic (exact) mass is 176 g/mol. The van der Waals surface area contributed by atoms with Crippen molar-refractivity contribution in [3.05, 3.63) is 45.3 Å². The van der Waals surface area contributed by atoms with E-state index in [1.54, 1.807) is 0 Å². The summed E-state index contributed by atoms with van der Waals surface area (Å²) >= 11 is 0. The maximum Gasteiger partial charge on any atom is 0.267 e. The fourth-order valence-corrected chi connectivity index (χ4v) is 1.08. The second-order valence-corrected chi connectivity index (χ2v) is 2.54. The van der Waals surface area contributed by atoms with E-state index in [2.05, 4.69) is 4.85 Å². The average Bonchev–Trinajstić information content (AvgIpc) is 2.16. The predicted molar refractivity (Wildman–Crippen MR) is 48.7 cm³/mol. The zero-order chi connectivity index (χ0) is 9.84. The van der Waals surface area contributed by atoms with Gasteiger partial charge in [0.1, 0.15) is 0 Å². The fourth-order valence-electron chi connectivity index (χ4n) is 1.08. The SMILES string of the molecule is [C-]#[N+]c1ccc([N+](=O)[O-])cc1CC. The summed E-state index contributed by atoms with van der Waals surface area (Å²) in [6.45, 7) is 8.69. The first-order valence-electron chi connectivity index (χ1n) is 3.83. The van der Waals surface area contributed by atoms with E-state index >= 15 is 0 Å². The summed E-state index contributed by atoms with van der Waals surface area (Å²) in [6.07, 6.45) is 0.638. The molecule has 0 heterocycles. The number of non-ortho nitro benzene ring substituents is 1. The lowest BCUT2D eigenvalue weighted by Crippen LogP contribution is -1.89. The van der Waals surface area contributed by atoms with Crippen LogP contribution in [-0.4, -0.2) is 4.92 Å². The van der Waals surface area contributed by atoms with E-state index in [1.165, 1.54) is 18.2 Å². The third-order valence-electron chi connectivity index (χ3n) is 1.78. The van der Waals surface area contributed by atoms with Gasteiger partial charge in [-0.25, -0.2) is 4.85 Å². The summed E-state index contributed by atoms with van der Waals surface area (Å²) in [5, 5.41) is 10.4. The maximum absolute atomic E-state index is 10.4. The van der Waals surface area contributed by atoms with Gasteiger partial charge in [0.25, 0.3) is 5.69 Å². The Kier molecular flexibility index (Phi) is 2.60. The molecule has 13 heavy (non-hydrogen) atoms. The number of nitro groups is 1. The molecule has 4 heteroatoms. The molecule has 0 saturated carbocycles. The van der Waals surface area contributed by atoms with Crippen molar-refractivity contribution in [2.45, 2.75) is 13.3 Å². The minimum Gasteiger partial charge on any atom is -0.258 e. The minimum atomic E-state index is -0.452. The topological polar surface area (TPSA) is 47.5 Å². The van der Waals surface area contributed by atoms with E-state index in [1.807, 2.05) is 6.92 Å². The molecule has 4 nitrogen and oxygen atoms in total. The first kappa shape index (κ1) is 9.20. The second-order valence-electron chi connectivity index (χ2n) is 2.54. The Morgan fingerprint density at radius 3 is 2.77 bits per heavy atom. The van der Waals surface area contributed by atoms with Crippen LogP contribution in [0.4, 0.5) is 11.4 Å². The lowest BCUT2D eigenvalue weighted by atomic mass is 10.1. The van der Waals surface area contributed by atoms with Crippen LogP contribution in [0.2, 0.25) is 0 Å². The Hall–Kier alpha value is -1.89. The highest BCUT2D eigenvalue weighted by molar-refractivity contribution is 5.56. The van der Waals surface area contributed by atoms with E-state index in [0.717, 1.165) is 5.56 Å². The minimum absolute atomic E-state index is 0.0456. The van der Waals surface area contributed by atoms with Crippen LogP contribution in [0.5, 0.6) is 0 Å². The molecule has 0 unspecified atom stereocenters. The molecule has 0 aliphatic rings. The van der Waals surface area contributed by atoms with Crippen LogP contribution in [0.1, 0.15) is 12.5 Å². The Morgan fingerprint density at radius 2 is 2.31 bits per heavy atom. The molecule has 0 fully saturated rings. The first-order chi connectivity index (χ1) is 6.19. The smallest absolute Gasteiger partial charge is 0.258 e. The molecule has 0 aliphatic heterocycles. The van der Waals surface area contributed by atoms with E-state index < -0.39 is 4.92 Å². The maximum atomic E-state index is 10.4. The molecule has 1 rings (SSSR count). The Morgan fingerprint density at radius 1 is 1.62 bits per heavy atom. The van der Waals surface area contributed by atoms with Gasteiger partial charge in [0.15, 0.2) is 5.69 Å². The molecule has 0 atom stereocenters. The molecule has 0 radical (unpaired) electrons. The van der Waals surface area contributed by atoms with Crippen LogP contribution in [-0.2, 0) is 6.42 Å². The number of hydrogen-bond acceptors (Lipinski definition) is 2. The second kappa shape index (κ2) is 3.68. The van der Waals surface area contributed by atoms with E-state index in [4.69, 9.17) is 6.57 Å². The van der Waals surface area contributed by atoms with Crippen molar-refractivity contribution in [1.82, 2.24) is 0 Å². The number of benzene rings is 1. The van der Waals surface area contributed by atoms with Crippen molar-refractivity contribution < 1.29 is 4.92 Å². The van der Waals surface area contributed by atoms with Gasteiger partial charge in [0.05, 0.1) is 11.5 Å². The summed E-state index contributed by atoms with van der Waals surface area (Å²) in [4.78, 5) is 13.2. The van der Waals surface area contributed by atoms with Crippen molar-refractivity contribution in [2.24, 2.45) is 0 Å². The lowest BCUT2D eigenvalue weighted by Gasteiger charge is -1.99. The summed E-state index contributed by atoms with van der Waals surface area (Å²) in [5.74, 6) is 0. The Bertz CT molecular complexity index is 380. The van der Waals surface area contributed by atoms with Gasteiger partial charge in [-0.05, 0) is 18.1 Å². The summed E-state index contributed by atoms with van der Waals surface area (Å²) in [7, 11) is 0. The molecule has 0 N–H and O–H groups in total. The van der Waals surface area contributed by atoms with Gasteiger partial charge in [-0.3, -0.25) is 10.1 Å². The van der Waals surface area contributed by atoms with Crippen LogP contribution in [0.25, 0.3) is 4.85 Å². The molecule has 0 spiro atoms. The highest BCUT2D eigenvalue weighted by atomic mass is 16.6. The molecule has 0 amide bonds. The van der Waals surface area contributed by atoms with Gasteiger partial charge in [-0.1, -0.05) is 6.92 Å². The molecular weight excluding hydrogens is 168 g/mol. The third-order valence-corrected chi connectivity index (χ3v) is 1.78. The van der Waals surface area contributed by atoms with Crippen molar-refractivity contribution in [3.63, 3.8) is 0 Å². The average molecular weight is 176 g/mol. The molecule has 66 valence electrons. The zero-order valence-electron chi connectivity index (χ0n) is 7.15. The van der Waals surface area contributed by atoms with Gasteiger partial charge in [-0.15, -0.1) is 0 Å². The largest absolute Gasteiger partial charge is 0.267 e. The van der Waals surface area contributed by atoms with Gasteiger partial charge < -0.3 is 0 Å². The molecule has 0 aromatic heterocycles. The molecular formula is C9H8N2O2. The number of rotatable bonds is 2. The van der Waals surface area contributed by atoms with Crippen LogP contribution in [0, 0.1) is 16.7 Å². The molecule has 1 aromatic carbocycles. The zero-order valence-corrected chi connectivity index (χ0v) is 7.15. The van der Waals surface area contributed by atoms with E-state index in [-0.39, 0.29) is 5.69 Å². The predicted octanol–water partition coefficient (Wildman–Crippen LogP) is 2.71. The van der Waals surface area contributed by atoms with Gasteiger partial charge in [0.2, 0.25) is 0 Å². The lowest BCUT2D eigenvalue weighted by molar-refractivity contribution is -0.384. The van der Waals surface area contributed by atoms with Crippen LogP contribution < -0.4 is 0 Å². The molecule has 0 aliphatic carbocycles. The highest BCUT2D eigenvalue weighted by Gasteiger charge is 2.08. The van der Waals surface area contributed by atoms with Crippen LogP contribution in [0.15, 0.2) is 18.2 Å². The van der Waals surface area contributed by atoms with Crippen molar-refractivity contribution >= 4 is 11.4 Å². The van der Waals surface area contributed by atoms with Crippen molar-refractivity contribution in [1.29, 1.82) is 0 Å². The number of hydrogen-bond donors (Lipinski definition) is 0. The molecule has 1 aromatic rings. The normalized spacial score (nSPS) is 9.23. The van der Waals surface area contributed by atoms with Crippen LogP contribution in [0.3, 0.4) is 0 Å². The van der Waals surface area contributed by atoms with Crippen molar-refractivity contribution in [2.75, 3.05) is 0 Å². The Balaban J connectivity index is 3.23. The third kappa shape index (κ3) is 1.82. The Labute approximate surface area is 75.8 Å². The first-order valence-corrected chi connectivity index (χ1v) is 3.83. The van der Waals surface area contributed by atoms with Gasteiger partial charge >= 0.3 is 0 Å².